The van der Waals surface area contributed by atoms with E-state index < -0.39 is 0 Å². The van der Waals surface area contributed by atoms with Gasteiger partial charge in [0.15, 0.2) is 0 Å². The maximum Gasteiger partial charge on any atom is 0.339 e. The van der Waals surface area contributed by atoms with Gasteiger partial charge < -0.3 is 14.2 Å². The lowest BCUT2D eigenvalue weighted by Gasteiger charge is -2.25. The van der Waals surface area contributed by atoms with Crippen LogP contribution in [0.25, 0.3) is 0 Å². The molecule has 0 aliphatic carbocycles. The number of hydrogen-bond acceptors (Lipinski definition) is 4. The Labute approximate surface area is 171 Å². The SMILES string of the molecule is CCOc1ccc(C(c2ccc(OCC)cc2)C2OC(=O)c3ccccc32)cc1. The van der Waals surface area contributed by atoms with Crippen LogP contribution in [-0.4, -0.2) is 19.2 Å². The van der Waals surface area contributed by atoms with Gasteiger partial charge in [-0.2, -0.15) is 0 Å². The summed E-state index contributed by atoms with van der Waals surface area (Å²) in [4.78, 5) is 12.5. The minimum absolute atomic E-state index is 0.131. The molecule has 148 valence electrons. The van der Waals surface area contributed by atoms with E-state index >= 15 is 0 Å². The maximum atomic E-state index is 12.5. The Morgan fingerprint density at radius 1 is 0.793 bits per heavy atom. The van der Waals surface area contributed by atoms with Crippen molar-refractivity contribution < 1.29 is 19.0 Å². The first-order chi connectivity index (χ1) is 14.2. The van der Waals surface area contributed by atoms with Gasteiger partial charge >= 0.3 is 5.97 Å². The van der Waals surface area contributed by atoms with E-state index in [1.807, 2.05) is 86.6 Å². The molecule has 0 fully saturated rings. The summed E-state index contributed by atoms with van der Waals surface area (Å²) < 4.78 is 17.0. The number of ether oxygens (including phenoxy) is 3. The van der Waals surface area contributed by atoms with Crippen LogP contribution in [0.4, 0.5) is 0 Å². The fraction of sp³-hybridized carbons (Fsp3) is 0.240. The molecule has 0 saturated heterocycles. The average Bonchev–Trinajstić information content (AvgIpc) is 3.08. The Morgan fingerprint density at radius 3 is 1.83 bits per heavy atom. The number of benzene rings is 3. The zero-order valence-corrected chi connectivity index (χ0v) is 16.6. The van der Waals surface area contributed by atoms with Crippen molar-refractivity contribution in [2.75, 3.05) is 13.2 Å². The second-order valence-electron chi connectivity index (χ2n) is 6.89. The minimum Gasteiger partial charge on any atom is -0.494 e. The Kier molecular flexibility index (Phi) is 5.52. The highest BCUT2D eigenvalue weighted by atomic mass is 16.5. The van der Waals surface area contributed by atoms with E-state index in [2.05, 4.69) is 0 Å². The molecule has 4 rings (SSSR count). The Bertz CT molecular complexity index is 927. The lowest BCUT2D eigenvalue weighted by Crippen LogP contribution is -2.13. The summed E-state index contributed by atoms with van der Waals surface area (Å²) in [6.07, 6.45) is -0.380. The number of esters is 1. The van der Waals surface area contributed by atoms with Crippen LogP contribution in [0.3, 0.4) is 0 Å². The van der Waals surface area contributed by atoms with Gasteiger partial charge in [0.05, 0.1) is 24.7 Å². The van der Waals surface area contributed by atoms with E-state index in [-0.39, 0.29) is 18.0 Å². The normalized spacial score (nSPS) is 15.1. The summed E-state index contributed by atoms with van der Waals surface area (Å²) in [5.74, 6) is 1.25. The third-order valence-electron chi connectivity index (χ3n) is 5.12. The van der Waals surface area contributed by atoms with Gasteiger partial charge in [-0.3, -0.25) is 0 Å². The summed E-state index contributed by atoms with van der Waals surface area (Å²) in [5.41, 5.74) is 3.68. The first kappa shape index (κ1) is 19.1. The first-order valence-corrected chi connectivity index (χ1v) is 9.96. The third kappa shape index (κ3) is 3.83. The van der Waals surface area contributed by atoms with Gasteiger partial charge in [-0.1, -0.05) is 42.5 Å². The smallest absolute Gasteiger partial charge is 0.339 e. The van der Waals surface area contributed by atoms with Crippen LogP contribution in [-0.2, 0) is 4.74 Å². The molecule has 1 aliphatic heterocycles. The molecule has 0 bridgehead atoms. The van der Waals surface area contributed by atoms with Gasteiger partial charge in [-0.05, 0) is 55.3 Å². The Hall–Kier alpha value is -3.27. The van der Waals surface area contributed by atoms with E-state index in [1.165, 1.54) is 0 Å². The second-order valence-corrected chi connectivity index (χ2v) is 6.89. The summed E-state index contributed by atoms with van der Waals surface area (Å²) in [5, 5.41) is 0. The van der Waals surface area contributed by atoms with Crippen molar-refractivity contribution in [3.63, 3.8) is 0 Å². The zero-order chi connectivity index (χ0) is 20.2. The topological polar surface area (TPSA) is 44.8 Å². The van der Waals surface area contributed by atoms with Crippen LogP contribution in [0.15, 0.2) is 72.8 Å². The highest BCUT2D eigenvalue weighted by Crippen LogP contribution is 2.45. The van der Waals surface area contributed by atoms with Crippen molar-refractivity contribution in [3.05, 3.63) is 95.1 Å². The molecule has 0 N–H and O–H groups in total. The fourth-order valence-corrected chi connectivity index (χ4v) is 3.84. The van der Waals surface area contributed by atoms with Gasteiger partial charge in [0, 0.05) is 5.56 Å². The number of carbonyl (C=O) groups is 1. The van der Waals surface area contributed by atoms with E-state index in [4.69, 9.17) is 14.2 Å². The molecule has 0 saturated carbocycles. The van der Waals surface area contributed by atoms with Crippen molar-refractivity contribution in [2.45, 2.75) is 25.9 Å². The molecular formula is C25H24O4. The van der Waals surface area contributed by atoms with Gasteiger partial charge in [0.1, 0.15) is 17.6 Å². The van der Waals surface area contributed by atoms with E-state index in [0.29, 0.717) is 18.8 Å². The molecule has 29 heavy (non-hydrogen) atoms. The van der Waals surface area contributed by atoms with Crippen molar-refractivity contribution in [3.8, 4) is 11.5 Å². The molecule has 1 aliphatic rings. The summed E-state index contributed by atoms with van der Waals surface area (Å²) in [7, 11) is 0. The van der Waals surface area contributed by atoms with Crippen LogP contribution >= 0.6 is 0 Å². The van der Waals surface area contributed by atoms with Crippen LogP contribution in [0, 0.1) is 0 Å². The Balaban J connectivity index is 1.76. The van der Waals surface area contributed by atoms with E-state index in [1.54, 1.807) is 0 Å². The summed E-state index contributed by atoms with van der Waals surface area (Å²) in [6.45, 7) is 5.17. The molecular weight excluding hydrogens is 364 g/mol. The molecule has 1 atom stereocenters. The van der Waals surface area contributed by atoms with E-state index in [9.17, 15) is 4.79 Å². The number of rotatable bonds is 7. The fourth-order valence-electron chi connectivity index (χ4n) is 3.84. The highest BCUT2D eigenvalue weighted by Gasteiger charge is 2.38. The first-order valence-electron chi connectivity index (χ1n) is 9.96. The molecule has 0 spiro atoms. The average molecular weight is 388 g/mol. The predicted octanol–water partition coefficient (Wildman–Crippen LogP) is 5.53. The summed E-state index contributed by atoms with van der Waals surface area (Å²) >= 11 is 0. The van der Waals surface area contributed by atoms with Crippen molar-refractivity contribution >= 4 is 5.97 Å². The molecule has 1 unspecified atom stereocenters. The largest absolute Gasteiger partial charge is 0.494 e. The monoisotopic (exact) mass is 388 g/mol. The quantitative estimate of drug-likeness (QED) is 0.499. The van der Waals surface area contributed by atoms with Crippen molar-refractivity contribution in [2.24, 2.45) is 0 Å². The van der Waals surface area contributed by atoms with Crippen molar-refractivity contribution in [1.29, 1.82) is 0 Å². The minimum atomic E-state index is -0.380. The molecule has 4 heteroatoms. The molecule has 1 heterocycles. The van der Waals surface area contributed by atoms with Crippen LogP contribution < -0.4 is 9.47 Å². The van der Waals surface area contributed by atoms with Gasteiger partial charge in [-0.15, -0.1) is 0 Å². The molecule has 0 aromatic heterocycles. The van der Waals surface area contributed by atoms with Crippen LogP contribution in [0.5, 0.6) is 11.5 Å². The molecule has 3 aromatic rings. The van der Waals surface area contributed by atoms with E-state index in [0.717, 1.165) is 28.2 Å². The number of carbonyl (C=O) groups excluding carboxylic acids is 1. The number of fused-ring (bicyclic) bond motifs is 1. The molecule has 0 amide bonds. The van der Waals surface area contributed by atoms with Gasteiger partial charge in [0.25, 0.3) is 0 Å². The van der Waals surface area contributed by atoms with Gasteiger partial charge in [-0.25, -0.2) is 4.79 Å². The lowest BCUT2D eigenvalue weighted by atomic mass is 9.83. The summed E-state index contributed by atoms with van der Waals surface area (Å²) in [6, 6.07) is 23.6. The number of hydrogen-bond donors (Lipinski definition) is 0. The van der Waals surface area contributed by atoms with Crippen molar-refractivity contribution in [1.82, 2.24) is 0 Å². The number of cyclic esters (lactones) is 1. The maximum absolute atomic E-state index is 12.5. The second kappa shape index (κ2) is 8.39. The molecule has 4 nitrogen and oxygen atoms in total. The van der Waals surface area contributed by atoms with Crippen LogP contribution in [0.1, 0.15) is 52.9 Å². The third-order valence-corrected chi connectivity index (χ3v) is 5.12. The lowest BCUT2D eigenvalue weighted by molar-refractivity contribution is 0.0351. The van der Waals surface area contributed by atoms with Gasteiger partial charge in [0.2, 0.25) is 0 Å². The molecule has 3 aromatic carbocycles. The van der Waals surface area contributed by atoms with Crippen LogP contribution in [0.2, 0.25) is 0 Å². The molecule has 0 radical (unpaired) electrons. The highest BCUT2D eigenvalue weighted by molar-refractivity contribution is 5.94. The zero-order valence-electron chi connectivity index (χ0n) is 16.6. The standard InChI is InChI=1S/C25H24O4/c1-3-27-19-13-9-17(10-14-19)23(18-11-15-20(16-12-18)28-4-2)24-21-7-5-6-8-22(21)25(26)29-24/h5-16,23-24H,3-4H2,1-2H3. The predicted molar refractivity (Wildman–Crippen MR) is 112 cm³/mol. The Morgan fingerprint density at radius 2 is 1.31 bits per heavy atom.